The van der Waals surface area contributed by atoms with E-state index in [-0.39, 0.29) is 22.9 Å². The molecule has 1 aliphatic carbocycles. The van der Waals surface area contributed by atoms with E-state index >= 15 is 0 Å². The third kappa shape index (κ3) is 4.53. The van der Waals surface area contributed by atoms with Gasteiger partial charge in [0.2, 0.25) is 0 Å². The molecule has 2 aromatic carbocycles. The van der Waals surface area contributed by atoms with Crippen LogP contribution in [0.1, 0.15) is 41.4 Å². The van der Waals surface area contributed by atoms with E-state index in [9.17, 15) is 9.59 Å². The molecule has 1 aliphatic heterocycles. The van der Waals surface area contributed by atoms with Crippen LogP contribution in [0.15, 0.2) is 47.3 Å². The van der Waals surface area contributed by atoms with Gasteiger partial charge in [-0.2, -0.15) is 0 Å². The SMILES string of the molecule is CNC(=O)C#Cc1ccc2c(c1)[C@@H](N)C1(CCN(c3cc(=O)n(-c4cccc(OC)c4Cl)c(C)n3)CC1)C2. The Morgan fingerprint density at radius 1 is 1.24 bits per heavy atom. The van der Waals surface area contributed by atoms with E-state index in [2.05, 4.69) is 28.1 Å². The third-order valence-corrected chi connectivity index (χ3v) is 8.17. The number of ether oxygens (including phenoxy) is 1. The number of methoxy groups -OCH3 is 1. The van der Waals surface area contributed by atoms with Gasteiger partial charge in [0.15, 0.2) is 0 Å². The molecule has 1 aromatic heterocycles. The molecular weight excluding hydrogens is 502 g/mol. The highest BCUT2D eigenvalue weighted by Crippen LogP contribution is 2.51. The van der Waals surface area contributed by atoms with E-state index in [0.29, 0.717) is 28.1 Å². The average Bonchev–Trinajstić information content (AvgIpc) is 3.18. The molecule has 1 atom stereocenters. The quantitative estimate of drug-likeness (QED) is 0.503. The van der Waals surface area contributed by atoms with E-state index in [4.69, 9.17) is 27.1 Å². The molecule has 1 saturated heterocycles. The number of anilines is 1. The molecule has 2 aliphatic rings. The number of halogens is 1. The maximum Gasteiger partial charge on any atom is 0.295 e. The lowest BCUT2D eigenvalue weighted by atomic mass is 9.73. The summed E-state index contributed by atoms with van der Waals surface area (Å²) >= 11 is 6.48. The van der Waals surface area contributed by atoms with Crippen LogP contribution in [-0.4, -0.2) is 42.7 Å². The fourth-order valence-corrected chi connectivity index (χ4v) is 5.96. The standard InChI is InChI=1S/C29H30ClN5O3/c1-18-33-24(16-26(37)35(18)22-5-4-6-23(38-3)27(22)30)34-13-11-29(12-14-34)17-20-9-7-19(8-10-25(36)32-2)15-21(20)28(29)31/h4-7,9,15-16,28H,11-14,17,31H2,1-3H3,(H,32,36)/t28-/m1/s1. The second kappa shape index (κ2) is 10.2. The fraction of sp³-hybridized carbons (Fsp3) is 0.345. The lowest BCUT2D eigenvalue weighted by Crippen LogP contribution is -2.45. The Morgan fingerprint density at radius 3 is 2.68 bits per heavy atom. The van der Waals surface area contributed by atoms with Crippen LogP contribution in [0.3, 0.4) is 0 Å². The summed E-state index contributed by atoms with van der Waals surface area (Å²) in [6, 6.07) is 12.8. The first-order chi connectivity index (χ1) is 18.3. The van der Waals surface area contributed by atoms with E-state index in [1.165, 1.54) is 10.1 Å². The van der Waals surface area contributed by atoms with E-state index in [0.717, 1.165) is 43.5 Å². The summed E-state index contributed by atoms with van der Waals surface area (Å²) < 4.78 is 6.82. The number of hydrogen-bond acceptors (Lipinski definition) is 6. The average molecular weight is 532 g/mol. The summed E-state index contributed by atoms with van der Waals surface area (Å²) in [7, 11) is 3.10. The zero-order chi connectivity index (χ0) is 27.0. The zero-order valence-corrected chi connectivity index (χ0v) is 22.4. The van der Waals surface area contributed by atoms with Gasteiger partial charge in [-0.3, -0.25) is 14.2 Å². The zero-order valence-electron chi connectivity index (χ0n) is 21.7. The number of hydrogen-bond donors (Lipinski definition) is 2. The number of amides is 1. The van der Waals surface area contributed by atoms with Gasteiger partial charge < -0.3 is 20.7 Å². The van der Waals surface area contributed by atoms with Crippen molar-refractivity contribution in [1.82, 2.24) is 14.9 Å². The Morgan fingerprint density at radius 2 is 2.00 bits per heavy atom. The highest BCUT2D eigenvalue weighted by Gasteiger charge is 2.46. The molecule has 9 heteroatoms. The fourth-order valence-electron chi connectivity index (χ4n) is 5.67. The van der Waals surface area contributed by atoms with Gasteiger partial charge in [-0.15, -0.1) is 0 Å². The summed E-state index contributed by atoms with van der Waals surface area (Å²) in [6.07, 6.45) is 2.67. The van der Waals surface area contributed by atoms with Gasteiger partial charge in [0, 0.05) is 43.7 Å². The molecule has 38 heavy (non-hydrogen) atoms. The lowest BCUT2D eigenvalue weighted by Gasteiger charge is -2.42. The number of nitrogens with zero attached hydrogens (tertiary/aromatic N) is 3. The predicted octanol–water partition coefficient (Wildman–Crippen LogP) is 3.14. The van der Waals surface area contributed by atoms with Crippen molar-refractivity contribution < 1.29 is 9.53 Å². The van der Waals surface area contributed by atoms with Crippen LogP contribution < -0.4 is 26.2 Å². The first-order valence-electron chi connectivity index (χ1n) is 12.6. The molecule has 1 amide bonds. The molecule has 0 radical (unpaired) electrons. The minimum absolute atomic E-state index is 0.0518. The maximum atomic E-state index is 13.2. The van der Waals surface area contributed by atoms with Crippen LogP contribution >= 0.6 is 11.6 Å². The number of piperidine rings is 1. The number of rotatable bonds is 3. The van der Waals surface area contributed by atoms with Crippen molar-refractivity contribution in [3.05, 3.63) is 80.4 Å². The molecule has 0 unspecified atom stereocenters. The van der Waals surface area contributed by atoms with E-state index in [1.807, 2.05) is 12.1 Å². The van der Waals surface area contributed by atoms with Gasteiger partial charge in [-0.05, 0) is 67.0 Å². The Labute approximate surface area is 226 Å². The lowest BCUT2D eigenvalue weighted by molar-refractivity contribution is -0.115. The number of fused-ring (bicyclic) bond motifs is 1. The number of nitrogens with one attached hydrogen (secondary N) is 1. The Balaban J connectivity index is 1.34. The van der Waals surface area contributed by atoms with Crippen molar-refractivity contribution in [2.45, 2.75) is 32.2 Å². The topological polar surface area (TPSA) is 102 Å². The van der Waals surface area contributed by atoms with Crippen LogP contribution in [0.4, 0.5) is 5.82 Å². The molecule has 8 nitrogen and oxygen atoms in total. The molecule has 1 spiro atoms. The Kier molecular flexibility index (Phi) is 6.91. The van der Waals surface area contributed by atoms with Crippen LogP contribution in [0.2, 0.25) is 5.02 Å². The van der Waals surface area contributed by atoms with E-state index in [1.54, 1.807) is 45.3 Å². The number of aryl methyl sites for hydroxylation is 1. The van der Waals surface area contributed by atoms with Gasteiger partial charge in [0.1, 0.15) is 22.4 Å². The molecule has 3 N–H and O–H groups in total. The van der Waals surface area contributed by atoms with E-state index < -0.39 is 0 Å². The molecule has 0 bridgehead atoms. The summed E-state index contributed by atoms with van der Waals surface area (Å²) in [5.41, 5.74) is 10.2. The van der Waals surface area contributed by atoms with Crippen molar-refractivity contribution in [1.29, 1.82) is 0 Å². The number of benzene rings is 2. The first kappa shape index (κ1) is 25.8. The largest absolute Gasteiger partial charge is 0.495 e. The highest BCUT2D eigenvalue weighted by molar-refractivity contribution is 6.33. The second-order valence-corrected chi connectivity index (χ2v) is 10.3. The Hall–Kier alpha value is -3.80. The molecule has 196 valence electrons. The molecular formula is C29H30ClN5O3. The number of carbonyl (C=O) groups excluding carboxylic acids is 1. The third-order valence-electron chi connectivity index (χ3n) is 7.79. The minimum Gasteiger partial charge on any atom is -0.495 e. The minimum atomic E-state index is -0.318. The molecule has 5 rings (SSSR count). The number of aromatic nitrogens is 2. The summed E-state index contributed by atoms with van der Waals surface area (Å²) in [5.74, 6) is 6.90. The van der Waals surface area contributed by atoms with Crippen molar-refractivity contribution >= 4 is 23.3 Å². The van der Waals surface area contributed by atoms with Crippen molar-refractivity contribution in [3.63, 3.8) is 0 Å². The Bertz CT molecular complexity index is 1530. The number of carbonyl (C=O) groups is 1. The van der Waals surface area contributed by atoms with Gasteiger partial charge in [-0.25, -0.2) is 4.98 Å². The normalized spacial score (nSPS) is 17.5. The number of nitrogens with two attached hydrogens (primary N) is 1. The van der Waals surface area contributed by atoms with Crippen molar-refractivity contribution in [2.75, 3.05) is 32.1 Å². The van der Waals surface area contributed by atoms with Crippen LogP contribution in [0.5, 0.6) is 5.75 Å². The molecule has 2 heterocycles. The van der Waals surface area contributed by atoms with Gasteiger partial charge in [0.05, 0.1) is 12.8 Å². The molecule has 1 fully saturated rings. The summed E-state index contributed by atoms with van der Waals surface area (Å²) in [5, 5.41) is 2.87. The monoisotopic (exact) mass is 531 g/mol. The van der Waals surface area contributed by atoms with Crippen LogP contribution in [-0.2, 0) is 11.2 Å². The highest BCUT2D eigenvalue weighted by atomic mass is 35.5. The van der Waals surface area contributed by atoms with Crippen molar-refractivity contribution in [2.24, 2.45) is 11.1 Å². The molecule has 3 aromatic rings. The van der Waals surface area contributed by atoms with Crippen molar-refractivity contribution in [3.8, 4) is 23.3 Å². The van der Waals surface area contributed by atoms with Crippen LogP contribution in [0, 0.1) is 24.2 Å². The van der Waals surface area contributed by atoms with Gasteiger partial charge in [-0.1, -0.05) is 29.7 Å². The molecule has 0 saturated carbocycles. The van der Waals surface area contributed by atoms with Crippen LogP contribution in [0.25, 0.3) is 5.69 Å². The van der Waals surface area contributed by atoms with Gasteiger partial charge >= 0.3 is 0 Å². The van der Waals surface area contributed by atoms with Gasteiger partial charge in [0.25, 0.3) is 11.5 Å². The first-order valence-corrected chi connectivity index (χ1v) is 12.9. The maximum absolute atomic E-state index is 13.2. The summed E-state index contributed by atoms with van der Waals surface area (Å²) in [4.78, 5) is 31.6. The smallest absolute Gasteiger partial charge is 0.295 e. The second-order valence-electron chi connectivity index (χ2n) is 9.88. The summed E-state index contributed by atoms with van der Waals surface area (Å²) in [6.45, 7) is 3.31. The predicted molar refractivity (Wildman–Crippen MR) is 148 cm³/mol.